The normalized spacial score (nSPS) is 12.5. The summed E-state index contributed by atoms with van der Waals surface area (Å²) in [5.41, 5.74) is 1.64. The fraction of sp³-hybridized carbons (Fsp3) is 0.316. The van der Waals surface area contributed by atoms with Crippen LogP contribution in [0.5, 0.6) is 11.5 Å². The second-order valence-electron chi connectivity index (χ2n) is 6.48. The predicted molar refractivity (Wildman–Crippen MR) is 112 cm³/mol. The van der Waals surface area contributed by atoms with Gasteiger partial charge < -0.3 is 35.8 Å². The largest absolute Gasteiger partial charge is 0.486 e. The molecule has 0 saturated heterocycles. The quantitative estimate of drug-likeness (QED) is 0.370. The average Bonchev–Trinajstić information content (AvgIpc) is 3.16. The van der Waals surface area contributed by atoms with Crippen LogP contribution in [0.3, 0.4) is 0 Å². The number of para-hydroxylation sites is 1. The van der Waals surface area contributed by atoms with Crippen molar-refractivity contribution in [1.29, 1.82) is 0 Å². The average molecular weight is 413 g/mol. The lowest BCUT2D eigenvalue weighted by molar-refractivity contribution is 0.172. The summed E-state index contributed by atoms with van der Waals surface area (Å²) in [4.78, 5) is 16.7. The van der Waals surface area contributed by atoms with Gasteiger partial charge in [-0.15, -0.1) is 0 Å². The number of nitrogens with one attached hydrogen (secondary N) is 4. The Bertz CT molecular complexity index is 1050. The van der Waals surface area contributed by atoms with Crippen LogP contribution < -0.4 is 30.7 Å². The Hall–Kier alpha value is -3.73. The van der Waals surface area contributed by atoms with E-state index in [1.165, 1.54) is 6.20 Å². The van der Waals surface area contributed by atoms with Gasteiger partial charge >= 0.3 is 6.03 Å². The van der Waals surface area contributed by atoms with Crippen LogP contribution in [-0.4, -0.2) is 59.1 Å². The van der Waals surface area contributed by atoms with Crippen LogP contribution in [0.15, 0.2) is 30.5 Å². The minimum Gasteiger partial charge on any atom is -0.486 e. The molecular weight excluding hydrogens is 390 g/mol. The number of amides is 2. The maximum absolute atomic E-state index is 12.1. The molecule has 0 aliphatic carbocycles. The van der Waals surface area contributed by atoms with Crippen molar-refractivity contribution in [2.24, 2.45) is 0 Å². The van der Waals surface area contributed by atoms with Gasteiger partial charge in [0.1, 0.15) is 30.5 Å². The predicted octanol–water partition coefficient (Wildman–Crippen LogP) is 1.79. The number of carbonyl (C=O) groups is 1. The molecule has 0 saturated carbocycles. The van der Waals surface area contributed by atoms with Crippen LogP contribution in [0.2, 0.25) is 0 Å². The van der Waals surface area contributed by atoms with Gasteiger partial charge in [0.15, 0.2) is 17.1 Å². The van der Waals surface area contributed by atoms with Crippen LogP contribution in [0.4, 0.5) is 27.8 Å². The second-order valence-corrected chi connectivity index (χ2v) is 6.48. The summed E-state index contributed by atoms with van der Waals surface area (Å²) in [6.45, 7) is 1.36. The van der Waals surface area contributed by atoms with E-state index in [2.05, 4.69) is 31.3 Å². The van der Waals surface area contributed by atoms with E-state index in [4.69, 9.17) is 14.6 Å². The first kappa shape index (κ1) is 19.6. The molecule has 0 fully saturated rings. The first-order valence-corrected chi connectivity index (χ1v) is 9.57. The Morgan fingerprint density at radius 3 is 2.97 bits per heavy atom. The standard InChI is InChI=1S/C19H23N7O4/c1-20-16-10-15(23-12-4-2-5-14-17(12)30-9-8-29-14)25-18-13(11-22-26(16)18)24-19(28)21-6-3-7-27/h2,4-5,10-11,20,27H,3,6-9H2,1H3,(H,23,25)(H2,21,24,28). The molecule has 0 atom stereocenters. The Balaban J connectivity index is 1.62. The summed E-state index contributed by atoms with van der Waals surface area (Å²) in [5.74, 6) is 2.52. The number of urea groups is 1. The second kappa shape index (κ2) is 8.74. The summed E-state index contributed by atoms with van der Waals surface area (Å²) >= 11 is 0. The first-order chi connectivity index (χ1) is 14.7. The minimum absolute atomic E-state index is 0.0110. The maximum atomic E-state index is 12.1. The molecule has 3 aromatic rings. The van der Waals surface area contributed by atoms with E-state index in [1.807, 2.05) is 18.2 Å². The molecule has 2 aromatic heterocycles. The Morgan fingerprint density at radius 1 is 1.27 bits per heavy atom. The number of aliphatic hydroxyl groups is 1. The van der Waals surface area contributed by atoms with E-state index in [1.54, 1.807) is 17.6 Å². The van der Waals surface area contributed by atoms with Gasteiger partial charge in [-0.1, -0.05) is 6.07 Å². The lowest BCUT2D eigenvalue weighted by atomic mass is 10.2. The van der Waals surface area contributed by atoms with Crippen LogP contribution in [0, 0.1) is 0 Å². The van der Waals surface area contributed by atoms with E-state index in [-0.39, 0.29) is 6.61 Å². The van der Waals surface area contributed by atoms with Crippen molar-refractivity contribution in [1.82, 2.24) is 19.9 Å². The number of hydrogen-bond donors (Lipinski definition) is 5. The molecule has 4 rings (SSSR count). The molecule has 1 aliphatic heterocycles. The smallest absolute Gasteiger partial charge is 0.319 e. The zero-order valence-electron chi connectivity index (χ0n) is 16.4. The van der Waals surface area contributed by atoms with Gasteiger partial charge in [0, 0.05) is 26.3 Å². The number of anilines is 4. The minimum atomic E-state index is -0.396. The van der Waals surface area contributed by atoms with Crippen molar-refractivity contribution < 1.29 is 19.4 Å². The fourth-order valence-corrected chi connectivity index (χ4v) is 3.05. The molecule has 5 N–H and O–H groups in total. The molecule has 1 aliphatic rings. The molecule has 0 unspecified atom stereocenters. The van der Waals surface area contributed by atoms with E-state index in [0.29, 0.717) is 60.6 Å². The van der Waals surface area contributed by atoms with Gasteiger partial charge in [-0.25, -0.2) is 9.78 Å². The van der Waals surface area contributed by atoms with E-state index in [0.717, 1.165) is 5.69 Å². The zero-order chi connectivity index (χ0) is 20.9. The molecule has 11 nitrogen and oxygen atoms in total. The van der Waals surface area contributed by atoms with Crippen LogP contribution >= 0.6 is 0 Å². The number of benzene rings is 1. The summed E-state index contributed by atoms with van der Waals surface area (Å²) < 4.78 is 13.0. The monoisotopic (exact) mass is 413 g/mol. The molecule has 11 heteroatoms. The van der Waals surface area contributed by atoms with Crippen molar-refractivity contribution in [3.8, 4) is 11.5 Å². The van der Waals surface area contributed by atoms with Crippen molar-refractivity contribution in [2.75, 3.05) is 49.4 Å². The highest BCUT2D eigenvalue weighted by Crippen LogP contribution is 2.38. The van der Waals surface area contributed by atoms with Crippen molar-refractivity contribution in [2.45, 2.75) is 6.42 Å². The van der Waals surface area contributed by atoms with E-state index < -0.39 is 6.03 Å². The van der Waals surface area contributed by atoms with Gasteiger partial charge in [0.05, 0.1) is 11.9 Å². The van der Waals surface area contributed by atoms with Gasteiger partial charge in [0.25, 0.3) is 0 Å². The number of aromatic nitrogens is 3. The molecule has 0 spiro atoms. The topological polar surface area (TPSA) is 134 Å². The highest BCUT2D eigenvalue weighted by Gasteiger charge is 2.18. The van der Waals surface area contributed by atoms with Crippen LogP contribution in [0.25, 0.3) is 5.65 Å². The molecule has 30 heavy (non-hydrogen) atoms. The Kier molecular flexibility index (Phi) is 5.70. The van der Waals surface area contributed by atoms with E-state index in [9.17, 15) is 4.79 Å². The fourth-order valence-electron chi connectivity index (χ4n) is 3.05. The lowest BCUT2D eigenvalue weighted by Gasteiger charge is -2.21. The van der Waals surface area contributed by atoms with Gasteiger partial charge in [-0.2, -0.15) is 9.61 Å². The van der Waals surface area contributed by atoms with Crippen molar-refractivity contribution >= 4 is 34.7 Å². The lowest BCUT2D eigenvalue weighted by Crippen LogP contribution is -2.29. The van der Waals surface area contributed by atoms with Gasteiger partial charge in [-0.3, -0.25) is 0 Å². The summed E-state index contributed by atoms with van der Waals surface area (Å²) in [6, 6.07) is 7.00. The highest BCUT2D eigenvalue weighted by atomic mass is 16.6. The summed E-state index contributed by atoms with van der Waals surface area (Å²) in [6.07, 6.45) is 2.01. The van der Waals surface area contributed by atoms with Gasteiger partial charge in [-0.05, 0) is 18.6 Å². The number of nitrogens with zero attached hydrogens (tertiary/aromatic N) is 3. The summed E-state index contributed by atoms with van der Waals surface area (Å²) in [7, 11) is 1.77. The third-order valence-electron chi connectivity index (χ3n) is 4.43. The molecule has 158 valence electrons. The molecule has 2 amide bonds. The number of carbonyl (C=O) groups excluding carboxylic acids is 1. The number of hydrogen-bond acceptors (Lipinski definition) is 8. The number of aliphatic hydroxyl groups excluding tert-OH is 1. The molecule has 0 radical (unpaired) electrons. The molecular formula is C19H23N7O4. The van der Waals surface area contributed by atoms with E-state index >= 15 is 0 Å². The maximum Gasteiger partial charge on any atom is 0.319 e. The molecule has 1 aromatic carbocycles. The molecule has 0 bridgehead atoms. The zero-order valence-corrected chi connectivity index (χ0v) is 16.4. The van der Waals surface area contributed by atoms with Crippen molar-refractivity contribution in [3.63, 3.8) is 0 Å². The number of fused-ring (bicyclic) bond motifs is 2. The number of ether oxygens (including phenoxy) is 2. The molecule has 3 heterocycles. The third kappa shape index (κ3) is 4.01. The third-order valence-corrected chi connectivity index (χ3v) is 4.43. The Labute approximate surface area is 172 Å². The Morgan fingerprint density at radius 2 is 2.13 bits per heavy atom. The van der Waals surface area contributed by atoms with Gasteiger partial charge in [0.2, 0.25) is 0 Å². The van der Waals surface area contributed by atoms with Crippen LogP contribution in [0.1, 0.15) is 6.42 Å². The number of rotatable bonds is 7. The highest BCUT2D eigenvalue weighted by molar-refractivity contribution is 5.93. The SMILES string of the molecule is CNc1cc(Nc2cccc3c2OCCO3)nc2c(NC(=O)NCCCO)cnn12. The first-order valence-electron chi connectivity index (χ1n) is 9.57. The van der Waals surface area contributed by atoms with Crippen molar-refractivity contribution in [3.05, 3.63) is 30.5 Å². The summed E-state index contributed by atoms with van der Waals surface area (Å²) in [5, 5.41) is 24.9. The van der Waals surface area contributed by atoms with Crippen LogP contribution in [-0.2, 0) is 0 Å².